The zero-order valence-electron chi connectivity index (χ0n) is 15.4. The van der Waals surface area contributed by atoms with Crippen molar-refractivity contribution in [1.82, 2.24) is 15.5 Å². The van der Waals surface area contributed by atoms with Gasteiger partial charge >= 0.3 is 0 Å². The van der Waals surface area contributed by atoms with Crippen LogP contribution in [0.5, 0.6) is 0 Å². The molecule has 1 heterocycles. The van der Waals surface area contributed by atoms with Crippen LogP contribution < -0.4 is 10.6 Å². The first kappa shape index (κ1) is 20.5. The molecule has 8 heteroatoms. The highest BCUT2D eigenvalue weighted by atomic mass is 35.5. The van der Waals surface area contributed by atoms with Crippen molar-refractivity contribution < 1.29 is 18.7 Å². The summed E-state index contributed by atoms with van der Waals surface area (Å²) < 4.78 is 19.2. The van der Waals surface area contributed by atoms with Crippen LogP contribution in [0.1, 0.15) is 10.4 Å². The summed E-state index contributed by atoms with van der Waals surface area (Å²) in [5, 5.41) is 5.45. The van der Waals surface area contributed by atoms with Crippen molar-refractivity contribution in [3.8, 4) is 0 Å². The van der Waals surface area contributed by atoms with Gasteiger partial charge in [-0.1, -0.05) is 42.0 Å². The number of carbonyl (C=O) groups excluding carboxylic acids is 2. The van der Waals surface area contributed by atoms with E-state index in [2.05, 4.69) is 15.5 Å². The molecular weight excluding hydrogens is 385 g/mol. The smallest absolute Gasteiger partial charge is 0.255 e. The second kappa shape index (κ2) is 9.32. The highest BCUT2D eigenvalue weighted by Gasteiger charge is 2.40. The van der Waals surface area contributed by atoms with E-state index in [4.69, 9.17) is 16.3 Å². The Morgan fingerprint density at radius 1 is 1.25 bits per heavy atom. The quantitative estimate of drug-likeness (QED) is 0.556. The predicted octanol–water partition coefficient (Wildman–Crippen LogP) is 1.68. The van der Waals surface area contributed by atoms with E-state index in [9.17, 15) is 14.0 Å². The number of alkyl halides is 1. The minimum absolute atomic E-state index is 0.128. The third kappa shape index (κ3) is 4.98. The predicted molar refractivity (Wildman–Crippen MR) is 104 cm³/mol. The van der Waals surface area contributed by atoms with Gasteiger partial charge in [0.15, 0.2) is 0 Å². The van der Waals surface area contributed by atoms with E-state index in [0.717, 1.165) is 13.1 Å². The first-order valence-electron chi connectivity index (χ1n) is 9.19. The molecule has 6 nitrogen and oxygen atoms in total. The van der Waals surface area contributed by atoms with E-state index in [1.165, 1.54) is 24.3 Å². The Bertz CT molecular complexity index is 780. The SMILES string of the molecule is O=C(NC1(Cl)C=CC=CC1C(=O)NCCN1CCOCC1)c1ccccc1F. The normalized spacial score (nSPS) is 24.7. The molecule has 0 aromatic heterocycles. The lowest BCUT2D eigenvalue weighted by Crippen LogP contribution is -2.54. The number of rotatable bonds is 6. The van der Waals surface area contributed by atoms with Gasteiger partial charge in [0.25, 0.3) is 5.91 Å². The summed E-state index contributed by atoms with van der Waals surface area (Å²) in [5.74, 6) is -2.46. The Hall–Kier alpha value is -2.22. The Morgan fingerprint density at radius 2 is 2.00 bits per heavy atom. The number of hydrogen-bond donors (Lipinski definition) is 2. The molecule has 0 saturated carbocycles. The van der Waals surface area contributed by atoms with Gasteiger partial charge in [0, 0.05) is 26.2 Å². The number of hydrogen-bond acceptors (Lipinski definition) is 4. The molecule has 0 spiro atoms. The van der Waals surface area contributed by atoms with E-state index >= 15 is 0 Å². The van der Waals surface area contributed by atoms with Crippen LogP contribution in [0, 0.1) is 11.7 Å². The van der Waals surface area contributed by atoms with Crippen LogP contribution in [0.2, 0.25) is 0 Å². The molecule has 2 N–H and O–H groups in total. The first-order chi connectivity index (χ1) is 13.5. The van der Waals surface area contributed by atoms with Crippen LogP contribution in [0.25, 0.3) is 0 Å². The lowest BCUT2D eigenvalue weighted by Gasteiger charge is -2.33. The fourth-order valence-corrected chi connectivity index (χ4v) is 3.50. The molecule has 28 heavy (non-hydrogen) atoms. The van der Waals surface area contributed by atoms with Gasteiger partial charge in [-0.25, -0.2) is 4.39 Å². The molecule has 1 aromatic rings. The molecule has 0 bridgehead atoms. The van der Waals surface area contributed by atoms with Crippen LogP contribution in [0.3, 0.4) is 0 Å². The molecule has 1 aromatic carbocycles. The Labute approximate surface area is 168 Å². The van der Waals surface area contributed by atoms with Crippen molar-refractivity contribution >= 4 is 23.4 Å². The zero-order valence-corrected chi connectivity index (χ0v) is 16.1. The fourth-order valence-electron chi connectivity index (χ4n) is 3.17. The molecule has 1 aliphatic heterocycles. The summed E-state index contributed by atoms with van der Waals surface area (Å²) in [6.45, 7) is 4.22. The van der Waals surface area contributed by atoms with Crippen molar-refractivity contribution in [2.45, 2.75) is 5.00 Å². The highest BCUT2D eigenvalue weighted by molar-refractivity contribution is 6.28. The van der Waals surface area contributed by atoms with Gasteiger partial charge in [-0.2, -0.15) is 0 Å². The van der Waals surface area contributed by atoms with E-state index < -0.39 is 22.6 Å². The average Bonchev–Trinajstić information content (AvgIpc) is 2.69. The molecule has 3 rings (SSSR count). The number of ether oxygens (including phenoxy) is 1. The molecule has 1 aliphatic carbocycles. The van der Waals surface area contributed by atoms with Gasteiger partial charge in [0.05, 0.1) is 24.7 Å². The van der Waals surface area contributed by atoms with Gasteiger partial charge in [-0.05, 0) is 18.2 Å². The largest absolute Gasteiger partial charge is 0.379 e. The lowest BCUT2D eigenvalue weighted by atomic mass is 9.93. The standard InChI is InChI=1S/C20H23ClFN3O3/c21-20(24-18(26)15-5-1-2-7-17(15)22)8-4-3-6-16(20)19(27)23-9-10-25-11-13-28-14-12-25/h1-8,16H,9-14H2,(H,23,27)(H,24,26). The van der Waals surface area contributed by atoms with Crippen molar-refractivity contribution in [3.63, 3.8) is 0 Å². The maximum Gasteiger partial charge on any atom is 0.255 e. The van der Waals surface area contributed by atoms with Gasteiger partial charge in [0.2, 0.25) is 5.91 Å². The summed E-state index contributed by atoms with van der Waals surface area (Å²) in [4.78, 5) is 25.9. The Kier molecular flexibility index (Phi) is 6.83. The molecule has 2 amide bonds. The number of morpholine rings is 1. The second-order valence-electron chi connectivity index (χ2n) is 6.67. The van der Waals surface area contributed by atoms with Crippen LogP contribution in [0.15, 0.2) is 48.6 Å². The number of carbonyl (C=O) groups is 2. The number of allylic oxidation sites excluding steroid dienone is 2. The summed E-state index contributed by atoms with van der Waals surface area (Å²) in [6.07, 6.45) is 6.49. The molecule has 1 fully saturated rings. The monoisotopic (exact) mass is 407 g/mol. The Morgan fingerprint density at radius 3 is 2.75 bits per heavy atom. The number of nitrogens with one attached hydrogen (secondary N) is 2. The Balaban J connectivity index is 1.61. The van der Waals surface area contributed by atoms with E-state index in [1.54, 1.807) is 24.3 Å². The average molecular weight is 408 g/mol. The van der Waals surface area contributed by atoms with E-state index in [0.29, 0.717) is 26.3 Å². The second-order valence-corrected chi connectivity index (χ2v) is 7.29. The van der Waals surface area contributed by atoms with Gasteiger partial charge < -0.3 is 15.4 Å². The third-order valence-corrected chi connectivity index (χ3v) is 5.20. The molecule has 2 atom stereocenters. The maximum absolute atomic E-state index is 13.9. The zero-order chi connectivity index (χ0) is 20.0. The van der Waals surface area contributed by atoms with Crippen molar-refractivity contribution in [3.05, 3.63) is 60.0 Å². The highest BCUT2D eigenvalue weighted by Crippen LogP contribution is 2.30. The van der Waals surface area contributed by atoms with Crippen molar-refractivity contribution in [2.75, 3.05) is 39.4 Å². The number of nitrogens with zero attached hydrogens (tertiary/aromatic N) is 1. The van der Waals surface area contributed by atoms with Gasteiger partial charge in [-0.3, -0.25) is 14.5 Å². The summed E-state index contributed by atoms with van der Waals surface area (Å²) in [6, 6.07) is 5.62. The molecule has 2 unspecified atom stereocenters. The fraction of sp³-hybridized carbons (Fsp3) is 0.400. The van der Waals surface area contributed by atoms with Crippen LogP contribution in [-0.2, 0) is 9.53 Å². The topological polar surface area (TPSA) is 70.7 Å². The van der Waals surface area contributed by atoms with Crippen molar-refractivity contribution in [2.24, 2.45) is 5.92 Å². The van der Waals surface area contributed by atoms with Crippen LogP contribution in [-0.4, -0.2) is 61.1 Å². The first-order valence-corrected chi connectivity index (χ1v) is 9.57. The van der Waals surface area contributed by atoms with E-state index in [1.807, 2.05) is 0 Å². The van der Waals surface area contributed by atoms with Crippen molar-refractivity contribution in [1.29, 1.82) is 0 Å². The lowest BCUT2D eigenvalue weighted by molar-refractivity contribution is -0.124. The number of amides is 2. The van der Waals surface area contributed by atoms with E-state index in [-0.39, 0.29) is 11.5 Å². The van der Waals surface area contributed by atoms with Crippen LogP contribution in [0.4, 0.5) is 4.39 Å². The van der Waals surface area contributed by atoms with Gasteiger partial charge in [0.1, 0.15) is 10.8 Å². The molecule has 2 aliphatic rings. The molecule has 0 radical (unpaired) electrons. The van der Waals surface area contributed by atoms with Crippen LogP contribution >= 0.6 is 11.6 Å². The number of halogens is 2. The number of benzene rings is 1. The molecule has 1 saturated heterocycles. The third-order valence-electron chi connectivity index (χ3n) is 4.74. The molecule has 150 valence electrons. The van der Waals surface area contributed by atoms with Gasteiger partial charge in [-0.15, -0.1) is 0 Å². The summed E-state index contributed by atoms with van der Waals surface area (Å²) >= 11 is 6.58. The maximum atomic E-state index is 13.9. The minimum Gasteiger partial charge on any atom is -0.379 e. The minimum atomic E-state index is -1.48. The summed E-state index contributed by atoms with van der Waals surface area (Å²) in [7, 11) is 0. The molecular formula is C20H23ClFN3O3. The summed E-state index contributed by atoms with van der Waals surface area (Å²) in [5.41, 5.74) is -0.128.